The van der Waals surface area contributed by atoms with Crippen molar-refractivity contribution in [3.05, 3.63) is 18.1 Å². The second kappa shape index (κ2) is 5.45. The molecule has 0 aromatic carbocycles. The zero-order valence-corrected chi connectivity index (χ0v) is 9.83. The first-order valence-electron chi connectivity index (χ1n) is 5.86. The number of aromatic nitrogens is 2. The second-order valence-electron chi connectivity index (χ2n) is 4.47. The van der Waals surface area contributed by atoms with Crippen molar-refractivity contribution >= 4 is 11.8 Å². The summed E-state index contributed by atoms with van der Waals surface area (Å²) in [7, 11) is 0. The van der Waals surface area contributed by atoms with Gasteiger partial charge in [0.2, 0.25) is 0 Å². The van der Waals surface area contributed by atoms with Crippen molar-refractivity contribution in [1.29, 1.82) is 5.26 Å². The molecule has 6 nitrogen and oxygen atoms in total. The highest BCUT2D eigenvalue weighted by Crippen LogP contribution is 2.38. The van der Waals surface area contributed by atoms with Crippen molar-refractivity contribution in [1.82, 2.24) is 9.97 Å². The third-order valence-electron chi connectivity index (χ3n) is 3.09. The monoisotopic (exact) mass is 246 g/mol. The Balaban J connectivity index is 1.96. The largest absolute Gasteiger partial charge is 0.481 e. The Morgan fingerprint density at radius 1 is 1.67 bits per heavy atom. The quantitative estimate of drug-likeness (QED) is 0.784. The molecule has 1 aliphatic carbocycles. The van der Waals surface area contributed by atoms with Crippen LogP contribution in [0.5, 0.6) is 0 Å². The van der Waals surface area contributed by atoms with E-state index in [0.29, 0.717) is 23.8 Å². The molecule has 0 bridgehead atoms. The molecule has 1 aliphatic rings. The Morgan fingerprint density at radius 2 is 2.44 bits per heavy atom. The van der Waals surface area contributed by atoms with Crippen LogP contribution in [0.15, 0.2) is 12.5 Å². The average Bonchev–Trinajstić information content (AvgIpc) is 3.18. The number of hydrogen-bond donors (Lipinski definition) is 2. The Kier molecular flexibility index (Phi) is 3.72. The second-order valence-corrected chi connectivity index (χ2v) is 4.47. The zero-order chi connectivity index (χ0) is 13.0. The van der Waals surface area contributed by atoms with Crippen LogP contribution in [0.1, 0.15) is 24.8 Å². The normalized spacial score (nSPS) is 15.7. The molecule has 1 heterocycles. The average molecular weight is 246 g/mol. The van der Waals surface area contributed by atoms with Crippen LogP contribution in [0.3, 0.4) is 0 Å². The van der Waals surface area contributed by atoms with Gasteiger partial charge >= 0.3 is 5.97 Å². The molecule has 1 aromatic heterocycles. The molecular weight excluding hydrogens is 232 g/mol. The van der Waals surface area contributed by atoms with E-state index < -0.39 is 5.97 Å². The van der Waals surface area contributed by atoms with Gasteiger partial charge in [-0.05, 0) is 24.7 Å². The van der Waals surface area contributed by atoms with E-state index in [-0.39, 0.29) is 12.3 Å². The van der Waals surface area contributed by atoms with Gasteiger partial charge in [0, 0.05) is 6.54 Å². The van der Waals surface area contributed by atoms with Gasteiger partial charge in [-0.15, -0.1) is 0 Å². The number of carboxylic acids is 1. The number of nitrogens with zero attached hydrogens (tertiary/aromatic N) is 3. The lowest BCUT2D eigenvalue weighted by Crippen LogP contribution is -2.20. The van der Waals surface area contributed by atoms with Gasteiger partial charge in [0.25, 0.3) is 0 Å². The molecule has 0 radical (unpaired) electrons. The van der Waals surface area contributed by atoms with Crippen molar-refractivity contribution in [2.75, 3.05) is 11.9 Å². The minimum Gasteiger partial charge on any atom is -0.481 e. The summed E-state index contributed by atoms with van der Waals surface area (Å²) in [5, 5.41) is 20.8. The fourth-order valence-electron chi connectivity index (χ4n) is 1.98. The standard InChI is InChI=1S/C12H14N4O2/c13-4-10-5-14-7-16-12(10)15-6-9(3-11(17)18)8-1-2-8/h5,7-9H,1-3,6H2,(H,17,18)(H,14,15,16). The summed E-state index contributed by atoms with van der Waals surface area (Å²) >= 11 is 0. The van der Waals surface area contributed by atoms with Gasteiger partial charge in [0.1, 0.15) is 23.8 Å². The van der Waals surface area contributed by atoms with E-state index in [2.05, 4.69) is 15.3 Å². The van der Waals surface area contributed by atoms with E-state index >= 15 is 0 Å². The maximum Gasteiger partial charge on any atom is 0.303 e. The first-order valence-corrected chi connectivity index (χ1v) is 5.86. The molecule has 6 heteroatoms. The smallest absolute Gasteiger partial charge is 0.303 e. The maximum absolute atomic E-state index is 10.8. The fourth-order valence-corrected chi connectivity index (χ4v) is 1.98. The molecule has 1 atom stereocenters. The van der Waals surface area contributed by atoms with Crippen molar-refractivity contribution in [2.24, 2.45) is 11.8 Å². The predicted molar refractivity (Wildman–Crippen MR) is 63.7 cm³/mol. The number of nitriles is 1. The molecule has 2 N–H and O–H groups in total. The van der Waals surface area contributed by atoms with Gasteiger partial charge < -0.3 is 10.4 Å². The molecular formula is C12H14N4O2. The summed E-state index contributed by atoms with van der Waals surface area (Å²) < 4.78 is 0. The minimum atomic E-state index is -0.781. The molecule has 94 valence electrons. The molecule has 0 saturated heterocycles. The number of nitrogens with one attached hydrogen (secondary N) is 1. The van der Waals surface area contributed by atoms with Gasteiger partial charge in [0.05, 0.1) is 12.6 Å². The van der Waals surface area contributed by atoms with E-state index in [4.69, 9.17) is 10.4 Å². The number of carboxylic acid groups (broad SMARTS) is 1. The lowest BCUT2D eigenvalue weighted by atomic mass is 10.00. The molecule has 2 rings (SSSR count). The number of hydrogen-bond acceptors (Lipinski definition) is 5. The summed E-state index contributed by atoms with van der Waals surface area (Å²) in [4.78, 5) is 18.5. The predicted octanol–water partition coefficient (Wildman–Crippen LogP) is 1.26. The van der Waals surface area contributed by atoms with Crippen LogP contribution < -0.4 is 5.32 Å². The Hall–Kier alpha value is -2.16. The SMILES string of the molecule is N#Cc1cncnc1NCC(CC(=O)O)C1CC1. The first kappa shape index (κ1) is 12.3. The highest BCUT2D eigenvalue weighted by molar-refractivity contribution is 5.67. The number of aliphatic carboxylic acids is 1. The van der Waals surface area contributed by atoms with Crippen LogP contribution in [-0.2, 0) is 4.79 Å². The van der Waals surface area contributed by atoms with Crippen LogP contribution in [0, 0.1) is 23.2 Å². The molecule has 18 heavy (non-hydrogen) atoms. The summed E-state index contributed by atoms with van der Waals surface area (Å²) in [6.45, 7) is 0.530. The first-order chi connectivity index (χ1) is 8.70. The van der Waals surface area contributed by atoms with Gasteiger partial charge in [0.15, 0.2) is 0 Å². The van der Waals surface area contributed by atoms with Gasteiger partial charge in [-0.3, -0.25) is 4.79 Å². The van der Waals surface area contributed by atoms with Crippen molar-refractivity contribution < 1.29 is 9.90 Å². The lowest BCUT2D eigenvalue weighted by molar-refractivity contribution is -0.138. The van der Waals surface area contributed by atoms with Crippen molar-refractivity contribution in [3.63, 3.8) is 0 Å². The van der Waals surface area contributed by atoms with E-state index in [0.717, 1.165) is 12.8 Å². The molecule has 1 saturated carbocycles. The van der Waals surface area contributed by atoms with Crippen LogP contribution in [0.25, 0.3) is 0 Å². The van der Waals surface area contributed by atoms with E-state index in [1.54, 1.807) is 0 Å². The zero-order valence-electron chi connectivity index (χ0n) is 9.83. The molecule has 1 aromatic rings. The molecule has 1 fully saturated rings. The van der Waals surface area contributed by atoms with E-state index in [1.807, 2.05) is 6.07 Å². The Morgan fingerprint density at radius 3 is 3.06 bits per heavy atom. The van der Waals surface area contributed by atoms with Crippen molar-refractivity contribution in [3.8, 4) is 6.07 Å². The Bertz CT molecular complexity index is 479. The van der Waals surface area contributed by atoms with Crippen molar-refractivity contribution in [2.45, 2.75) is 19.3 Å². The highest BCUT2D eigenvalue weighted by atomic mass is 16.4. The lowest BCUT2D eigenvalue weighted by Gasteiger charge is -2.15. The topological polar surface area (TPSA) is 98.9 Å². The summed E-state index contributed by atoms with van der Waals surface area (Å²) in [6, 6.07) is 2.00. The van der Waals surface area contributed by atoms with Gasteiger partial charge in [-0.1, -0.05) is 0 Å². The third-order valence-corrected chi connectivity index (χ3v) is 3.09. The van der Waals surface area contributed by atoms with Crippen LogP contribution in [0.2, 0.25) is 0 Å². The number of carbonyl (C=O) groups is 1. The maximum atomic E-state index is 10.8. The number of anilines is 1. The summed E-state index contributed by atoms with van der Waals surface area (Å²) in [5.41, 5.74) is 0.377. The van der Waals surface area contributed by atoms with Gasteiger partial charge in [-0.2, -0.15) is 5.26 Å². The molecule has 0 amide bonds. The third kappa shape index (κ3) is 3.17. The molecule has 0 aliphatic heterocycles. The van der Waals surface area contributed by atoms with Crippen LogP contribution >= 0.6 is 0 Å². The fraction of sp³-hybridized carbons (Fsp3) is 0.500. The molecule has 0 spiro atoms. The highest BCUT2D eigenvalue weighted by Gasteiger charge is 2.32. The Labute approximate surface area is 105 Å². The van der Waals surface area contributed by atoms with Gasteiger partial charge in [-0.25, -0.2) is 9.97 Å². The van der Waals surface area contributed by atoms with E-state index in [1.165, 1.54) is 12.5 Å². The number of rotatable bonds is 6. The van der Waals surface area contributed by atoms with E-state index in [9.17, 15) is 4.79 Å². The summed E-state index contributed by atoms with van der Waals surface area (Å²) in [5.74, 6) is 0.283. The van der Waals surface area contributed by atoms with Crippen LogP contribution in [-0.4, -0.2) is 27.6 Å². The molecule has 1 unspecified atom stereocenters. The minimum absolute atomic E-state index is 0.101. The van der Waals surface area contributed by atoms with Crippen LogP contribution in [0.4, 0.5) is 5.82 Å². The summed E-state index contributed by atoms with van der Waals surface area (Å²) in [6.07, 6.45) is 5.15.